The van der Waals surface area contributed by atoms with Gasteiger partial charge in [-0.3, -0.25) is 4.90 Å². The van der Waals surface area contributed by atoms with Crippen LogP contribution in [0.2, 0.25) is 0 Å². The molecule has 3 unspecified atom stereocenters. The van der Waals surface area contributed by atoms with Crippen molar-refractivity contribution in [1.29, 1.82) is 5.26 Å². The van der Waals surface area contributed by atoms with E-state index < -0.39 is 5.54 Å². The normalized spacial score (nSPS) is 31.4. The zero-order chi connectivity index (χ0) is 14.6. The van der Waals surface area contributed by atoms with Crippen molar-refractivity contribution in [1.82, 2.24) is 4.90 Å². The predicted octanol–water partition coefficient (Wildman–Crippen LogP) is 2.14. The molecule has 2 aliphatic carbocycles. The van der Waals surface area contributed by atoms with E-state index in [1.54, 1.807) is 7.11 Å². The number of hydrogen-bond donors (Lipinski definition) is 1. The van der Waals surface area contributed by atoms with Crippen molar-refractivity contribution in [3.63, 3.8) is 0 Å². The van der Waals surface area contributed by atoms with Crippen LogP contribution >= 0.6 is 0 Å². The molecule has 0 aromatic heterocycles. The van der Waals surface area contributed by atoms with Gasteiger partial charge in [0.05, 0.1) is 12.7 Å². The third kappa shape index (κ3) is 3.72. The van der Waals surface area contributed by atoms with Gasteiger partial charge in [0.25, 0.3) is 0 Å². The summed E-state index contributed by atoms with van der Waals surface area (Å²) >= 11 is 0. The molecule has 0 spiro atoms. The fraction of sp³-hybridized carbons (Fsp3) is 0.938. The van der Waals surface area contributed by atoms with Gasteiger partial charge in [-0.15, -0.1) is 0 Å². The summed E-state index contributed by atoms with van der Waals surface area (Å²) in [6, 6.07) is 3.00. The molecule has 0 bridgehead atoms. The molecule has 0 saturated heterocycles. The molecule has 2 saturated carbocycles. The molecule has 4 heteroatoms. The second-order valence-electron chi connectivity index (χ2n) is 6.64. The molecule has 0 aromatic rings. The van der Waals surface area contributed by atoms with Gasteiger partial charge in [-0.2, -0.15) is 5.26 Å². The first kappa shape index (κ1) is 15.8. The highest BCUT2D eigenvalue weighted by atomic mass is 16.5. The summed E-state index contributed by atoms with van der Waals surface area (Å²) in [5, 5.41) is 9.30. The first-order chi connectivity index (χ1) is 9.60. The Bertz CT molecular complexity index is 350. The van der Waals surface area contributed by atoms with E-state index in [1.165, 1.54) is 12.8 Å². The van der Waals surface area contributed by atoms with Crippen LogP contribution < -0.4 is 5.73 Å². The monoisotopic (exact) mass is 279 g/mol. The lowest BCUT2D eigenvalue weighted by Crippen LogP contribution is -2.44. The quantitative estimate of drug-likeness (QED) is 0.739. The average molecular weight is 279 g/mol. The van der Waals surface area contributed by atoms with E-state index in [0.29, 0.717) is 12.0 Å². The van der Waals surface area contributed by atoms with E-state index in [4.69, 9.17) is 10.5 Å². The Morgan fingerprint density at radius 2 is 2.15 bits per heavy atom. The maximum absolute atomic E-state index is 9.30. The number of hydrogen-bond acceptors (Lipinski definition) is 4. The van der Waals surface area contributed by atoms with Gasteiger partial charge in [-0.25, -0.2) is 0 Å². The Labute approximate surface area is 123 Å². The van der Waals surface area contributed by atoms with Crippen LogP contribution in [-0.2, 0) is 4.74 Å². The summed E-state index contributed by atoms with van der Waals surface area (Å²) < 4.78 is 5.24. The van der Waals surface area contributed by atoms with Crippen molar-refractivity contribution in [2.75, 3.05) is 26.8 Å². The van der Waals surface area contributed by atoms with Gasteiger partial charge < -0.3 is 10.5 Å². The zero-order valence-corrected chi connectivity index (χ0v) is 13.0. The average Bonchev–Trinajstić information content (AvgIpc) is 3.23. The van der Waals surface area contributed by atoms with E-state index in [9.17, 15) is 5.26 Å². The third-order valence-electron chi connectivity index (χ3n) is 5.31. The highest BCUT2D eigenvalue weighted by Gasteiger charge is 2.40. The molecule has 2 fully saturated rings. The Morgan fingerprint density at radius 3 is 2.75 bits per heavy atom. The van der Waals surface area contributed by atoms with Crippen LogP contribution in [0.3, 0.4) is 0 Å². The van der Waals surface area contributed by atoms with E-state index in [1.807, 2.05) is 0 Å². The van der Waals surface area contributed by atoms with E-state index >= 15 is 0 Å². The summed E-state index contributed by atoms with van der Waals surface area (Å²) in [5.74, 6) is 1.23. The molecular formula is C16H29N3O. The summed E-state index contributed by atoms with van der Waals surface area (Å²) in [6.45, 7) is 5.16. The van der Waals surface area contributed by atoms with Gasteiger partial charge in [-0.1, -0.05) is 6.42 Å². The van der Waals surface area contributed by atoms with Crippen LogP contribution in [0.1, 0.15) is 45.4 Å². The van der Waals surface area contributed by atoms with Gasteiger partial charge in [0.2, 0.25) is 0 Å². The molecule has 0 aromatic carbocycles. The maximum Gasteiger partial charge on any atom is 0.107 e. The molecule has 4 nitrogen and oxygen atoms in total. The van der Waals surface area contributed by atoms with Gasteiger partial charge in [0.15, 0.2) is 0 Å². The molecule has 0 amide bonds. The Balaban J connectivity index is 1.86. The van der Waals surface area contributed by atoms with Crippen molar-refractivity contribution < 1.29 is 4.74 Å². The lowest BCUT2D eigenvalue weighted by Gasteiger charge is -2.32. The molecule has 20 heavy (non-hydrogen) atoms. The molecule has 0 heterocycles. The van der Waals surface area contributed by atoms with Gasteiger partial charge in [0.1, 0.15) is 5.54 Å². The van der Waals surface area contributed by atoms with Crippen molar-refractivity contribution >= 4 is 0 Å². The fourth-order valence-electron chi connectivity index (χ4n) is 3.58. The van der Waals surface area contributed by atoms with Crippen molar-refractivity contribution in [3.8, 4) is 6.07 Å². The van der Waals surface area contributed by atoms with Gasteiger partial charge in [0, 0.05) is 19.7 Å². The first-order valence-corrected chi connectivity index (χ1v) is 8.04. The molecule has 114 valence electrons. The maximum atomic E-state index is 9.30. The number of ether oxygens (including phenoxy) is 1. The fourth-order valence-corrected chi connectivity index (χ4v) is 3.58. The third-order valence-corrected chi connectivity index (χ3v) is 5.31. The minimum Gasteiger partial charge on any atom is -0.383 e. The lowest BCUT2D eigenvalue weighted by molar-refractivity contribution is 0.109. The van der Waals surface area contributed by atoms with Gasteiger partial charge >= 0.3 is 0 Å². The van der Waals surface area contributed by atoms with E-state index in [0.717, 1.165) is 51.3 Å². The highest BCUT2D eigenvalue weighted by Crippen LogP contribution is 2.38. The van der Waals surface area contributed by atoms with Gasteiger partial charge in [-0.05, 0) is 57.4 Å². The highest BCUT2D eigenvalue weighted by molar-refractivity contribution is 5.12. The summed E-state index contributed by atoms with van der Waals surface area (Å²) in [4.78, 5) is 2.54. The Kier molecular flexibility index (Phi) is 5.42. The Hall–Kier alpha value is -0.630. The summed E-state index contributed by atoms with van der Waals surface area (Å²) in [6.07, 6.45) is 6.86. The van der Waals surface area contributed by atoms with Crippen LogP contribution in [0.25, 0.3) is 0 Å². The van der Waals surface area contributed by atoms with Crippen LogP contribution in [-0.4, -0.2) is 43.3 Å². The minimum atomic E-state index is -0.574. The number of nitrogens with two attached hydrogens (primary N) is 1. The van der Waals surface area contributed by atoms with E-state index in [-0.39, 0.29) is 0 Å². The number of nitrogens with zero attached hydrogens (tertiary/aromatic N) is 2. The molecule has 3 atom stereocenters. The SMILES string of the molecule is COCCN(CCC1CCCC1(N)C#N)C(C)C1CC1. The van der Waals surface area contributed by atoms with Crippen molar-refractivity contribution in [3.05, 3.63) is 0 Å². The molecular weight excluding hydrogens is 250 g/mol. The smallest absolute Gasteiger partial charge is 0.107 e. The number of methoxy groups -OCH3 is 1. The Morgan fingerprint density at radius 1 is 1.40 bits per heavy atom. The molecule has 2 N–H and O–H groups in total. The number of rotatable bonds is 8. The minimum absolute atomic E-state index is 0.365. The molecule has 2 aliphatic rings. The topological polar surface area (TPSA) is 62.3 Å². The summed E-state index contributed by atoms with van der Waals surface area (Å²) in [5.41, 5.74) is 5.66. The molecule has 0 aliphatic heterocycles. The molecule has 2 rings (SSSR count). The molecule has 0 radical (unpaired) electrons. The first-order valence-electron chi connectivity index (χ1n) is 8.04. The van der Waals surface area contributed by atoms with Crippen LogP contribution in [0.5, 0.6) is 0 Å². The van der Waals surface area contributed by atoms with Crippen molar-refractivity contribution in [2.24, 2.45) is 17.6 Å². The standard InChI is InChI=1S/C16H29N3O/c1-13(14-5-6-14)19(10-11-20-2)9-7-15-4-3-8-16(15,18)12-17/h13-15H,3-11,18H2,1-2H3. The van der Waals surface area contributed by atoms with Crippen molar-refractivity contribution in [2.45, 2.75) is 57.0 Å². The second-order valence-corrected chi connectivity index (χ2v) is 6.64. The number of nitriles is 1. The van der Waals surface area contributed by atoms with Crippen LogP contribution in [0, 0.1) is 23.2 Å². The summed E-state index contributed by atoms with van der Waals surface area (Å²) in [7, 11) is 1.76. The van der Waals surface area contributed by atoms with Crippen LogP contribution in [0.15, 0.2) is 0 Å². The lowest BCUT2D eigenvalue weighted by atomic mass is 9.87. The predicted molar refractivity (Wildman–Crippen MR) is 80.1 cm³/mol. The van der Waals surface area contributed by atoms with E-state index in [2.05, 4.69) is 17.9 Å². The second kappa shape index (κ2) is 6.89. The van der Waals surface area contributed by atoms with Crippen LogP contribution in [0.4, 0.5) is 0 Å². The largest absolute Gasteiger partial charge is 0.383 e. The zero-order valence-electron chi connectivity index (χ0n) is 13.0.